The second-order valence-corrected chi connectivity index (χ2v) is 6.96. The number of para-hydroxylation sites is 3. The van der Waals surface area contributed by atoms with E-state index < -0.39 is 0 Å². The Kier molecular flexibility index (Phi) is 2.75. The molecule has 0 atom stereocenters. The van der Waals surface area contributed by atoms with Gasteiger partial charge in [-0.3, -0.25) is 4.68 Å². The van der Waals surface area contributed by atoms with E-state index in [2.05, 4.69) is 89.5 Å². The van der Waals surface area contributed by atoms with Crippen molar-refractivity contribution < 1.29 is 0 Å². The summed E-state index contributed by atoms with van der Waals surface area (Å²) in [5.74, 6) is 6.33. The van der Waals surface area contributed by atoms with Crippen molar-refractivity contribution in [2.45, 2.75) is 0 Å². The van der Waals surface area contributed by atoms with Crippen molar-refractivity contribution in [1.82, 2.24) is 9.24 Å². The number of rotatable bonds is 1. The zero-order chi connectivity index (χ0) is 18.0. The van der Waals surface area contributed by atoms with Gasteiger partial charge < -0.3 is 10.4 Å². The van der Waals surface area contributed by atoms with Crippen LogP contribution in [0.15, 0.2) is 91.0 Å². The van der Waals surface area contributed by atoms with Gasteiger partial charge in [-0.25, -0.2) is 0 Å². The van der Waals surface area contributed by atoms with Gasteiger partial charge in [0, 0.05) is 27.2 Å². The molecule has 4 aromatic carbocycles. The summed E-state index contributed by atoms with van der Waals surface area (Å²) >= 11 is 0. The number of hydrogen-bond acceptors (Lipinski definition) is 1. The third-order valence-corrected chi connectivity index (χ3v) is 5.53. The van der Waals surface area contributed by atoms with Crippen LogP contribution >= 0.6 is 0 Å². The van der Waals surface area contributed by atoms with Gasteiger partial charge in [0.05, 0.1) is 22.1 Å². The Morgan fingerprint density at radius 3 is 1.59 bits per heavy atom. The third-order valence-electron chi connectivity index (χ3n) is 5.53. The molecule has 2 heterocycles. The van der Waals surface area contributed by atoms with Crippen LogP contribution < -0.4 is 5.84 Å². The Labute approximate surface area is 155 Å². The van der Waals surface area contributed by atoms with Gasteiger partial charge in [-0.2, -0.15) is 0 Å². The first-order valence-corrected chi connectivity index (χ1v) is 9.10. The van der Waals surface area contributed by atoms with Crippen molar-refractivity contribution in [3.63, 3.8) is 0 Å². The fourth-order valence-corrected chi connectivity index (χ4v) is 4.33. The van der Waals surface area contributed by atoms with E-state index in [0.29, 0.717) is 0 Å². The molecule has 0 aliphatic carbocycles. The van der Waals surface area contributed by atoms with Gasteiger partial charge in [-0.1, -0.05) is 54.6 Å². The van der Waals surface area contributed by atoms with Crippen molar-refractivity contribution in [3.8, 4) is 5.69 Å². The second-order valence-electron chi connectivity index (χ2n) is 6.96. The highest BCUT2D eigenvalue weighted by atomic mass is 15.3. The van der Waals surface area contributed by atoms with E-state index >= 15 is 0 Å². The average molecular weight is 347 g/mol. The number of nitrogen functional groups attached to an aromatic ring is 1. The molecular weight excluding hydrogens is 330 g/mol. The molecule has 3 nitrogen and oxygen atoms in total. The van der Waals surface area contributed by atoms with Crippen LogP contribution in [0, 0.1) is 0 Å². The van der Waals surface area contributed by atoms with Gasteiger partial charge in [0.1, 0.15) is 0 Å². The highest BCUT2D eigenvalue weighted by Gasteiger charge is 2.14. The van der Waals surface area contributed by atoms with Crippen molar-refractivity contribution >= 4 is 43.6 Å². The highest BCUT2D eigenvalue weighted by molar-refractivity contribution is 6.11. The maximum atomic E-state index is 6.33. The molecule has 0 aliphatic heterocycles. The van der Waals surface area contributed by atoms with E-state index in [-0.39, 0.29) is 0 Å². The molecule has 128 valence electrons. The molecule has 27 heavy (non-hydrogen) atoms. The van der Waals surface area contributed by atoms with Crippen molar-refractivity contribution in [2.75, 3.05) is 5.84 Å². The molecule has 0 fully saturated rings. The van der Waals surface area contributed by atoms with Crippen LogP contribution in [0.3, 0.4) is 0 Å². The largest absolute Gasteiger partial charge is 0.339 e. The molecule has 0 bridgehead atoms. The van der Waals surface area contributed by atoms with E-state index in [9.17, 15) is 0 Å². The lowest BCUT2D eigenvalue weighted by Gasteiger charge is -2.08. The summed E-state index contributed by atoms with van der Waals surface area (Å²) in [7, 11) is 0. The molecule has 0 saturated heterocycles. The minimum absolute atomic E-state index is 1.04. The summed E-state index contributed by atoms with van der Waals surface area (Å²) in [6.45, 7) is 0. The zero-order valence-electron chi connectivity index (χ0n) is 14.6. The highest BCUT2D eigenvalue weighted by Crippen LogP contribution is 2.34. The SMILES string of the molecule is Nn1c2ccccc2c2cc(-n3c4ccccc4c4ccccc43)ccc21. The number of benzene rings is 4. The first-order chi connectivity index (χ1) is 13.3. The fourth-order valence-electron chi connectivity index (χ4n) is 4.33. The Morgan fingerprint density at radius 2 is 0.963 bits per heavy atom. The van der Waals surface area contributed by atoms with Crippen LogP contribution in [0.4, 0.5) is 0 Å². The van der Waals surface area contributed by atoms with Gasteiger partial charge in [0.25, 0.3) is 0 Å². The third kappa shape index (κ3) is 1.86. The molecule has 6 rings (SSSR count). The van der Waals surface area contributed by atoms with Gasteiger partial charge in [0.2, 0.25) is 0 Å². The summed E-state index contributed by atoms with van der Waals surface area (Å²) in [4.78, 5) is 0. The Balaban J connectivity index is 1.77. The molecule has 0 saturated carbocycles. The number of aromatic nitrogens is 2. The monoisotopic (exact) mass is 347 g/mol. The predicted octanol–water partition coefficient (Wildman–Crippen LogP) is 5.61. The zero-order valence-corrected chi connectivity index (χ0v) is 14.6. The van der Waals surface area contributed by atoms with E-state index in [0.717, 1.165) is 16.7 Å². The standard InChI is InChI=1S/C24H17N3/c25-27-23-12-6-3-9-19(23)20-15-16(13-14-24(20)27)26-21-10-4-1-7-17(21)18-8-2-5-11-22(18)26/h1-15H,25H2. The molecule has 3 heteroatoms. The van der Waals surface area contributed by atoms with Crippen LogP contribution in [0.1, 0.15) is 0 Å². The Hall–Kier alpha value is -3.72. The maximum absolute atomic E-state index is 6.33. The molecule has 0 spiro atoms. The van der Waals surface area contributed by atoms with Gasteiger partial charge in [-0.15, -0.1) is 0 Å². The lowest BCUT2D eigenvalue weighted by atomic mass is 10.1. The summed E-state index contributed by atoms with van der Waals surface area (Å²) in [6.07, 6.45) is 0. The summed E-state index contributed by atoms with van der Waals surface area (Å²) in [6, 6.07) is 32.0. The van der Waals surface area contributed by atoms with Crippen LogP contribution in [-0.2, 0) is 0 Å². The molecule has 0 unspecified atom stereocenters. The maximum Gasteiger partial charge on any atom is 0.0705 e. The van der Waals surface area contributed by atoms with Crippen molar-refractivity contribution in [2.24, 2.45) is 0 Å². The lowest BCUT2D eigenvalue weighted by Crippen LogP contribution is -2.06. The summed E-state index contributed by atoms with van der Waals surface area (Å²) in [5, 5.41) is 4.90. The molecule has 2 aromatic heterocycles. The lowest BCUT2D eigenvalue weighted by molar-refractivity contribution is 1.12. The van der Waals surface area contributed by atoms with Crippen LogP contribution in [-0.4, -0.2) is 9.24 Å². The number of hydrogen-bond donors (Lipinski definition) is 1. The van der Waals surface area contributed by atoms with Crippen molar-refractivity contribution in [1.29, 1.82) is 0 Å². The first-order valence-electron chi connectivity index (χ1n) is 9.10. The van der Waals surface area contributed by atoms with Crippen LogP contribution in [0.25, 0.3) is 49.3 Å². The summed E-state index contributed by atoms with van der Waals surface area (Å²) in [5.41, 5.74) is 5.67. The number of nitrogens with zero attached hydrogens (tertiary/aromatic N) is 2. The molecular formula is C24H17N3. The van der Waals surface area contributed by atoms with E-state index in [1.807, 2.05) is 6.07 Å². The summed E-state index contributed by atoms with van der Waals surface area (Å²) < 4.78 is 4.12. The molecule has 0 amide bonds. The Morgan fingerprint density at radius 1 is 0.481 bits per heavy atom. The van der Waals surface area contributed by atoms with E-state index in [1.165, 1.54) is 32.6 Å². The van der Waals surface area contributed by atoms with Gasteiger partial charge >= 0.3 is 0 Å². The minimum atomic E-state index is 1.04. The van der Waals surface area contributed by atoms with E-state index in [1.54, 1.807) is 4.68 Å². The van der Waals surface area contributed by atoms with Crippen LogP contribution in [0.2, 0.25) is 0 Å². The van der Waals surface area contributed by atoms with Crippen molar-refractivity contribution in [3.05, 3.63) is 91.0 Å². The molecule has 6 aromatic rings. The molecule has 2 N–H and O–H groups in total. The van der Waals surface area contributed by atoms with Crippen LogP contribution in [0.5, 0.6) is 0 Å². The molecule has 0 radical (unpaired) electrons. The smallest absolute Gasteiger partial charge is 0.0705 e. The number of nitrogens with two attached hydrogens (primary N) is 1. The van der Waals surface area contributed by atoms with E-state index in [4.69, 9.17) is 5.84 Å². The van der Waals surface area contributed by atoms with Gasteiger partial charge in [0.15, 0.2) is 0 Å². The Bertz CT molecular complexity index is 1430. The molecule has 0 aliphatic rings. The normalized spacial score (nSPS) is 11.9. The second kappa shape index (κ2) is 5.15. The quantitative estimate of drug-likeness (QED) is 0.386. The van der Waals surface area contributed by atoms with Gasteiger partial charge in [-0.05, 0) is 36.4 Å². The first kappa shape index (κ1) is 14.4. The number of fused-ring (bicyclic) bond motifs is 6. The fraction of sp³-hybridized carbons (Fsp3) is 0. The average Bonchev–Trinajstić information content (AvgIpc) is 3.21. The topological polar surface area (TPSA) is 35.9 Å². The predicted molar refractivity (Wildman–Crippen MR) is 114 cm³/mol. The minimum Gasteiger partial charge on any atom is -0.339 e.